The Kier molecular flexibility index (Phi) is 3.05. The van der Waals surface area contributed by atoms with Crippen LogP contribution in [0.15, 0.2) is 24.3 Å². The minimum Gasteiger partial charge on any atom is -0.461 e. The van der Waals surface area contributed by atoms with Crippen LogP contribution in [0.5, 0.6) is 5.75 Å². The van der Waals surface area contributed by atoms with E-state index in [4.69, 9.17) is 10.5 Å². The Morgan fingerprint density at radius 1 is 1.67 bits per heavy atom. The van der Waals surface area contributed by atoms with Crippen molar-refractivity contribution in [3.63, 3.8) is 0 Å². The van der Waals surface area contributed by atoms with Crippen LogP contribution in [0.25, 0.3) is 0 Å². The van der Waals surface area contributed by atoms with E-state index >= 15 is 0 Å². The van der Waals surface area contributed by atoms with Gasteiger partial charge in [0.15, 0.2) is 0 Å². The first-order valence-corrected chi connectivity index (χ1v) is 3.82. The molecule has 12 heavy (non-hydrogen) atoms. The van der Waals surface area contributed by atoms with Crippen molar-refractivity contribution in [1.82, 2.24) is 0 Å². The quantitative estimate of drug-likeness (QED) is 0.755. The number of ether oxygens (including phenoxy) is 1. The zero-order valence-electron chi connectivity index (χ0n) is 6.96. The summed E-state index contributed by atoms with van der Waals surface area (Å²) in [4.78, 5) is 0. The lowest BCUT2D eigenvalue weighted by Crippen LogP contribution is -2.04. The number of nitrogens with two attached hydrogens (primary N) is 1. The molecule has 68 valence electrons. The molecule has 0 aliphatic rings. The number of halogens is 1. The average molecular weight is 171 g/mol. The molecule has 0 aromatic heterocycles. The van der Waals surface area contributed by atoms with E-state index in [1.54, 1.807) is 18.2 Å². The van der Waals surface area contributed by atoms with Crippen molar-refractivity contribution in [3.05, 3.63) is 29.8 Å². The summed E-state index contributed by atoms with van der Waals surface area (Å²) in [7, 11) is 0. The molecule has 0 radical (unpaired) electrons. The fourth-order valence-electron chi connectivity index (χ4n) is 0.933. The summed E-state index contributed by atoms with van der Waals surface area (Å²) < 4.78 is 17.2. The lowest BCUT2D eigenvalue weighted by molar-refractivity contribution is 0.0860. The van der Waals surface area contributed by atoms with Gasteiger partial charge in [-0.1, -0.05) is 12.1 Å². The van der Waals surface area contributed by atoms with Gasteiger partial charge in [0.25, 0.3) is 0 Å². The van der Waals surface area contributed by atoms with E-state index in [1.165, 1.54) is 6.92 Å². The topological polar surface area (TPSA) is 35.2 Å². The molecule has 1 unspecified atom stereocenters. The Morgan fingerprint density at radius 3 is 3.00 bits per heavy atom. The maximum Gasteiger partial charge on any atom is 0.235 e. The van der Waals surface area contributed by atoms with Gasteiger partial charge in [-0.05, 0) is 17.7 Å². The fourth-order valence-corrected chi connectivity index (χ4v) is 0.933. The van der Waals surface area contributed by atoms with E-state index in [2.05, 4.69) is 0 Å². The molecule has 0 heterocycles. The second kappa shape index (κ2) is 4.07. The number of hydrogen-bond acceptors (Lipinski definition) is 2. The smallest absolute Gasteiger partial charge is 0.235 e. The molecule has 3 heteroatoms. The van der Waals surface area contributed by atoms with Gasteiger partial charge in [0, 0.05) is 14.9 Å². The number of alkyl halides is 1. The molecule has 1 aromatic rings. The molecule has 0 spiro atoms. The van der Waals surface area contributed by atoms with Crippen molar-refractivity contribution in [2.75, 3.05) is 0 Å². The third-order valence-corrected chi connectivity index (χ3v) is 1.43. The third-order valence-electron chi connectivity index (χ3n) is 1.43. The molecule has 0 aliphatic carbocycles. The van der Waals surface area contributed by atoms with Gasteiger partial charge in [0.2, 0.25) is 6.36 Å². The normalized spacial score (nSPS) is 12.6. The van der Waals surface area contributed by atoms with E-state index in [9.17, 15) is 4.39 Å². The summed E-state index contributed by atoms with van der Waals surface area (Å²) in [5.41, 5.74) is 6.34. The van der Waals surface area contributed by atoms with Gasteiger partial charge in [-0.15, -0.1) is 0 Å². The van der Waals surface area contributed by atoms with E-state index in [1.807, 2.05) is 6.07 Å². The SMILES string of the molecule is CC(F)Oc1cccc(CN)c1.[HH]. The summed E-state index contributed by atoms with van der Waals surface area (Å²) in [6.45, 7) is 1.78. The first kappa shape index (κ1) is 9.00. The highest BCUT2D eigenvalue weighted by molar-refractivity contribution is 5.28. The minimum absolute atomic E-state index is 0. The van der Waals surface area contributed by atoms with Crippen LogP contribution >= 0.6 is 0 Å². The van der Waals surface area contributed by atoms with Crippen molar-refractivity contribution in [2.24, 2.45) is 5.73 Å². The van der Waals surface area contributed by atoms with E-state index in [0.717, 1.165) is 5.56 Å². The molecule has 2 nitrogen and oxygen atoms in total. The Bertz CT molecular complexity index is 255. The van der Waals surface area contributed by atoms with Crippen molar-refractivity contribution in [1.29, 1.82) is 0 Å². The molecule has 1 rings (SSSR count). The standard InChI is InChI=1S/C9H12FNO.H2/c1-7(10)12-9-4-2-3-8(5-9)6-11;/h2-5,7H,6,11H2,1H3;1H. The number of benzene rings is 1. The first-order chi connectivity index (χ1) is 5.72. The molecule has 2 N–H and O–H groups in total. The van der Waals surface area contributed by atoms with Crippen LogP contribution in [0.1, 0.15) is 13.9 Å². The van der Waals surface area contributed by atoms with Gasteiger partial charge in [-0.25, -0.2) is 4.39 Å². The van der Waals surface area contributed by atoms with Gasteiger partial charge < -0.3 is 10.5 Å². The van der Waals surface area contributed by atoms with Gasteiger partial charge in [0.05, 0.1) is 0 Å². The average Bonchev–Trinajstić information content (AvgIpc) is 2.03. The van der Waals surface area contributed by atoms with Crippen molar-refractivity contribution < 1.29 is 10.6 Å². The Hall–Kier alpha value is -1.09. The Balaban J connectivity index is 0.00000144. The van der Waals surface area contributed by atoms with E-state index < -0.39 is 6.36 Å². The van der Waals surface area contributed by atoms with Crippen LogP contribution in [0.3, 0.4) is 0 Å². The van der Waals surface area contributed by atoms with Crippen LogP contribution in [0.2, 0.25) is 0 Å². The summed E-state index contributed by atoms with van der Waals surface area (Å²) in [5.74, 6) is 0.521. The highest BCUT2D eigenvalue weighted by Crippen LogP contribution is 2.14. The largest absolute Gasteiger partial charge is 0.461 e. The number of hydrogen-bond donors (Lipinski definition) is 1. The Labute approximate surface area is 72.6 Å². The van der Waals surface area contributed by atoms with Crippen molar-refractivity contribution in [3.8, 4) is 5.75 Å². The molecule has 1 atom stereocenters. The van der Waals surface area contributed by atoms with Crippen LogP contribution in [0, 0.1) is 0 Å². The van der Waals surface area contributed by atoms with Gasteiger partial charge in [-0.2, -0.15) is 0 Å². The maximum atomic E-state index is 12.4. The molecule has 0 amide bonds. The zero-order valence-corrected chi connectivity index (χ0v) is 6.96. The second-order valence-electron chi connectivity index (χ2n) is 2.51. The molecular weight excluding hydrogens is 157 g/mol. The summed E-state index contributed by atoms with van der Waals surface area (Å²) in [6.07, 6.45) is -1.28. The molecule has 0 aliphatic heterocycles. The van der Waals surface area contributed by atoms with Crippen LogP contribution in [-0.2, 0) is 6.54 Å². The van der Waals surface area contributed by atoms with Crippen LogP contribution in [-0.4, -0.2) is 6.36 Å². The van der Waals surface area contributed by atoms with Gasteiger partial charge >= 0.3 is 0 Å². The van der Waals surface area contributed by atoms with Gasteiger partial charge in [-0.3, -0.25) is 0 Å². The third kappa shape index (κ3) is 2.51. The fraction of sp³-hybridized carbons (Fsp3) is 0.333. The monoisotopic (exact) mass is 171 g/mol. The molecule has 1 aromatic carbocycles. The van der Waals surface area contributed by atoms with E-state index in [0.29, 0.717) is 12.3 Å². The van der Waals surface area contributed by atoms with Crippen molar-refractivity contribution in [2.45, 2.75) is 19.8 Å². The summed E-state index contributed by atoms with van der Waals surface area (Å²) in [6, 6.07) is 7.10. The summed E-state index contributed by atoms with van der Waals surface area (Å²) >= 11 is 0. The lowest BCUT2D eigenvalue weighted by atomic mass is 10.2. The highest BCUT2D eigenvalue weighted by Gasteiger charge is 1.99. The highest BCUT2D eigenvalue weighted by atomic mass is 19.1. The minimum atomic E-state index is -1.28. The first-order valence-electron chi connectivity index (χ1n) is 3.82. The predicted molar refractivity (Wildman–Crippen MR) is 47.6 cm³/mol. The lowest BCUT2D eigenvalue weighted by Gasteiger charge is -2.07. The Morgan fingerprint density at radius 2 is 2.42 bits per heavy atom. The number of rotatable bonds is 3. The molecule has 0 saturated carbocycles. The van der Waals surface area contributed by atoms with Crippen LogP contribution < -0.4 is 10.5 Å². The summed E-state index contributed by atoms with van der Waals surface area (Å²) in [5, 5.41) is 0. The molecule has 0 saturated heterocycles. The molecule has 0 fully saturated rings. The van der Waals surface area contributed by atoms with Crippen molar-refractivity contribution >= 4 is 0 Å². The molecular formula is C9H14FNO. The predicted octanol–water partition coefficient (Wildman–Crippen LogP) is 2.09. The second-order valence-corrected chi connectivity index (χ2v) is 2.51. The maximum absolute atomic E-state index is 12.4. The van der Waals surface area contributed by atoms with Gasteiger partial charge in [0.1, 0.15) is 5.75 Å². The van der Waals surface area contributed by atoms with Crippen LogP contribution in [0.4, 0.5) is 4.39 Å². The molecule has 0 bridgehead atoms. The van der Waals surface area contributed by atoms with E-state index in [-0.39, 0.29) is 1.43 Å². The zero-order chi connectivity index (χ0) is 8.97.